The fourth-order valence-electron chi connectivity index (χ4n) is 3.04. The fourth-order valence-corrected chi connectivity index (χ4v) is 3.04. The highest BCUT2D eigenvalue weighted by atomic mass is 19.1. The van der Waals surface area contributed by atoms with Gasteiger partial charge in [-0.3, -0.25) is 9.69 Å². The molecule has 0 saturated carbocycles. The summed E-state index contributed by atoms with van der Waals surface area (Å²) in [7, 11) is 0. The fraction of sp³-hybridized carbons (Fsp3) is 0.438. The molecule has 3 nitrogen and oxygen atoms in total. The van der Waals surface area contributed by atoms with E-state index in [1.54, 1.807) is 12.3 Å². The van der Waals surface area contributed by atoms with Crippen LogP contribution in [-0.2, 0) is 0 Å². The highest BCUT2D eigenvalue weighted by molar-refractivity contribution is 6.08. The van der Waals surface area contributed by atoms with Crippen molar-refractivity contribution in [1.29, 1.82) is 0 Å². The number of likely N-dealkylation sites (tertiary alicyclic amines) is 1. The molecule has 0 spiro atoms. The molecule has 1 unspecified atom stereocenters. The third kappa shape index (κ3) is 2.61. The maximum atomic E-state index is 13.3. The van der Waals surface area contributed by atoms with Crippen LogP contribution in [0.5, 0.6) is 0 Å². The van der Waals surface area contributed by atoms with E-state index in [0.717, 1.165) is 25.0 Å². The molecule has 0 radical (unpaired) electrons. The Morgan fingerprint density at radius 2 is 2.35 bits per heavy atom. The number of Topliss-reactive ketones (excluding diaryl/α,β-unsaturated/α-hetero) is 1. The van der Waals surface area contributed by atoms with Crippen LogP contribution in [0.2, 0.25) is 0 Å². The van der Waals surface area contributed by atoms with Crippen molar-refractivity contribution < 1.29 is 9.18 Å². The van der Waals surface area contributed by atoms with Crippen LogP contribution in [0.1, 0.15) is 30.1 Å². The topological polar surface area (TPSA) is 36.1 Å². The number of aromatic amines is 1. The van der Waals surface area contributed by atoms with Crippen LogP contribution >= 0.6 is 0 Å². The maximum absolute atomic E-state index is 13.3. The van der Waals surface area contributed by atoms with Crippen molar-refractivity contribution in [2.24, 2.45) is 5.92 Å². The largest absolute Gasteiger partial charge is 0.360 e. The first-order valence-electron chi connectivity index (χ1n) is 7.15. The molecule has 1 N–H and O–H groups in total. The third-order valence-corrected chi connectivity index (χ3v) is 4.05. The van der Waals surface area contributed by atoms with Crippen molar-refractivity contribution in [3.63, 3.8) is 0 Å². The van der Waals surface area contributed by atoms with E-state index >= 15 is 0 Å². The summed E-state index contributed by atoms with van der Waals surface area (Å²) in [6.07, 6.45) is 4.08. The number of H-pyrrole nitrogens is 1. The Morgan fingerprint density at radius 1 is 1.50 bits per heavy atom. The van der Waals surface area contributed by atoms with Gasteiger partial charge in [0.25, 0.3) is 0 Å². The molecule has 1 aromatic carbocycles. The van der Waals surface area contributed by atoms with Gasteiger partial charge in [-0.2, -0.15) is 0 Å². The lowest BCUT2D eigenvalue weighted by atomic mass is 9.99. The number of hydrogen-bond donors (Lipinski definition) is 1. The number of carbonyl (C=O) groups excluding carboxylic acids is 1. The van der Waals surface area contributed by atoms with E-state index in [1.807, 2.05) is 0 Å². The van der Waals surface area contributed by atoms with Gasteiger partial charge in [-0.15, -0.1) is 0 Å². The standard InChI is InChI=1S/C16H19FN2O/c1-11-3-2-6-19(9-11)10-16(20)14-8-18-15-5-4-12(17)7-13(14)15/h4-5,7-8,11,18H,2-3,6,9-10H2,1H3. The summed E-state index contributed by atoms with van der Waals surface area (Å²) < 4.78 is 13.3. The van der Waals surface area contributed by atoms with Gasteiger partial charge in [0.05, 0.1) is 6.54 Å². The van der Waals surface area contributed by atoms with Gasteiger partial charge in [-0.1, -0.05) is 6.92 Å². The number of ketones is 1. The van der Waals surface area contributed by atoms with Crippen LogP contribution < -0.4 is 0 Å². The zero-order valence-electron chi connectivity index (χ0n) is 11.7. The summed E-state index contributed by atoms with van der Waals surface area (Å²) in [5, 5.41) is 0.681. The number of nitrogens with zero attached hydrogens (tertiary/aromatic N) is 1. The quantitative estimate of drug-likeness (QED) is 0.872. The molecule has 4 heteroatoms. The highest BCUT2D eigenvalue weighted by Gasteiger charge is 2.20. The lowest BCUT2D eigenvalue weighted by molar-refractivity contribution is 0.0894. The Hall–Kier alpha value is -1.68. The molecule has 0 amide bonds. The third-order valence-electron chi connectivity index (χ3n) is 4.05. The van der Waals surface area contributed by atoms with E-state index in [-0.39, 0.29) is 11.6 Å². The minimum Gasteiger partial charge on any atom is -0.360 e. The summed E-state index contributed by atoms with van der Waals surface area (Å²) in [6.45, 7) is 4.60. The van der Waals surface area contributed by atoms with Gasteiger partial charge in [-0.05, 0) is 43.5 Å². The number of piperidine rings is 1. The van der Waals surface area contributed by atoms with E-state index in [0.29, 0.717) is 23.4 Å². The van der Waals surface area contributed by atoms with Gasteiger partial charge in [0.15, 0.2) is 5.78 Å². The monoisotopic (exact) mass is 274 g/mol. The Labute approximate surface area is 117 Å². The van der Waals surface area contributed by atoms with Crippen molar-refractivity contribution in [2.45, 2.75) is 19.8 Å². The Kier molecular flexibility index (Phi) is 3.57. The summed E-state index contributed by atoms with van der Waals surface area (Å²) in [6, 6.07) is 4.50. The molecule has 3 rings (SSSR count). The Balaban J connectivity index is 1.80. The Bertz CT molecular complexity index is 634. The Morgan fingerprint density at radius 3 is 3.15 bits per heavy atom. The smallest absolute Gasteiger partial charge is 0.178 e. The van der Waals surface area contributed by atoms with Crippen LogP contribution in [0, 0.1) is 11.7 Å². The number of nitrogens with one attached hydrogen (secondary N) is 1. The molecule has 0 aliphatic carbocycles. The molecule has 1 aliphatic heterocycles. The van der Waals surface area contributed by atoms with E-state index in [4.69, 9.17) is 0 Å². The van der Waals surface area contributed by atoms with Crippen molar-refractivity contribution in [3.8, 4) is 0 Å². The second-order valence-electron chi connectivity index (χ2n) is 5.80. The number of halogens is 1. The number of fused-ring (bicyclic) bond motifs is 1. The average molecular weight is 274 g/mol. The lowest BCUT2D eigenvalue weighted by Crippen LogP contribution is -2.37. The predicted octanol–water partition coefficient (Wildman–Crippen LogP) is 3.22. The minimum atomic E-state index is -0.308. The minimum absolute atomic E-state index is 0.0657. The molecule has 0 bridgehead atoms. The zero-order valence-corrected chi connectivity index (χ0v) is 11.7. The van der Waals surface area contributed by atoms with Crippen molar-refractivity contribution in [2.75, 3.05) is 19.6 Å². The first-order chi connectivity index (χ1) is 9.63. The molecular weight excluding hydrogens is 255 g/mol. The summed E-state index contributed by atoms with van der Waals surface area (Å²) in [5.41, 5.74) is 1.40. The van der Waals surface area contributed by atoms with E-state index in [9.17, 15) is 9.18 Å². The second kappa shape index (κ2) is 5.37. The summed E-state index contributed by atoms with van der Waals surface area (Å²) in [4.78, 5) is 17.7. The van der Waals surface area contributed by atoms with Gasteiger partial charge in [0.2, 0.25) is 0 Å². The molecule has 1 aliphatic rings. The second-order valence-corrected chi connectivity index (χ2v) is 5.80. The number of benzene rings is 1. The number of aromatic nitrogens is 1. The van der Waals surface area contributed by atoms with E-state index in [2.05, 4.69) is 16.8 Å². The van der Waals surface area contributed by atoms with Crippen molar-refractivity contribution >= 4 is 16.7 Å². The van der Waals surface area contributed by atoms with Gasteiger partial charge >= 0.3 is 0 Å². The predicted molar refractivity (Wildman–Crippen MR) is 77.4 cm³/mol. The van der Waals surface area contributed by atoms with E-state index in [1.165, 1.54) is 18.6 Å². The average Bonchev–Trinajstić information content (AvgIpc) is 2.81. The normalized spacial score (nSPS) is 20.4. The van der Waals surface area contributed by atoms with Crippen LogP contribution in [0.15, 0.2) is 24.4 Å². The van der Waals surface area contributed by atoms with E-state index < -0.39 is 0 Å². The van der Waals surface area contributed by atoms with Crippen molar-refractivity contribution in [3.05, 3.63) is 35.8 Å². The van der Waals surface area contributed by atoms with Gasteiger partial charge in [0, 0.05) is 29.2 Å². The highest BCUT2D eigenvalue weighted by Crippen LogP contribution is 2.21. The van der Waals surface area contributed by atoms with Crippen LogP contribution in [0.3, 0.4) is 0 Å². The van der Waals surface area contributed by atoms with Gasteiger partial charge < -0.3 is 4.98 Å². The summed E-state index contributed by atoms with van der Waals surface area (Å²) >= 11 is 0. The molecule has 106 valence electrons. The number of hydrogen-bond acceptors (Lipinski definition) is 2. The first kappa shape index (κ1) is 13.3. The zero-order chi connectivity index (χ0) is 14.1. The number of rotatable bonds is 3. The van der Waals surface area contributed by atoms with Crippen LogP contribution in [0.25, 0.3) is 10.9 Å². The van der Waals surface area contributed by atoms with Crippen LogP contribution in [0.4, 0.5) is 4.39 Å². The maximum Gasteiger partial charge on any atom is 0.178 e. The number of carbonyl (C=O) groups is 1. The molecule has 2 heterocycles. The molecule has 1 fully saturated rings. The summed E-state index contributed by atoms with van der Waals surface area (Å²) in [5.74, 6) is 0.408. The molecule has 1 aromatic heterocycles. The van der Waals surface area contributed by atoms with Crippen LogP contribution in [-0.4, -0.2) is 35.3 Å². The first-order valence-corrected chi connectivity index (χ1v) is 7.15. The molecule has 1 atom stereocenters. The molecule has 2 aromatic rings. The molecular formula is C16H19FN2O. The molecule has 1 saturated heterocycles. The van der Waals surface area contributed by atoms with Gasteiger partial charge in [-0.25, -0.2) is 4.39 Å². The lowest BCUT2D eigenvalue weighted by Gasteiger charge is -2.30. The van der Waals surface area contributed by atoms with Gasteiger partial charge in [0.1, 0.15) is 5.82 Å². The van der Waals surface area contributed by atoms with Crippen molar-refractivity contribution in [1.82, 2.24) is 9.88 Å². The SMILES string of the molecule is CC1CCCN(CC(=O)c2c[nH]c3ccc(F)cc23)C1. The molecule has 20 heavy (non-hydrogen) atoms.